The Balaban J connectivity index is 0.00000184. The minimum Gasteiger partial charge on any atom is -0.492 e. The van der Waals surface area contributed by atoms with Crippen LogP contribution in [0.1, 0.15) is 16.1 Å². The summed E-state index contributed by atoms with van der Waals surface area (Å²) in [4.78, 5) is 30.0. The highest BCUT2D eigenvalue weighted by molar-refractivity contribution is 6.08. The van der Waals surface area contributed by atoms with Crippen LogP contribution in [0.2, 0.25) is 0 Å². The number of rotatable bonds is 8. The molecule has 0 unspecified atom stereocenters. The van der Waals surface area contributed by atoms with Crippen molar-refractivity contribution in [3.8, 4) is 5.75 Å². The van der Waals surface area contributed by atoms with Gasteiger partial charge in [0.15, 0.2) is 0 Å². The van der Waals surface area contributed by atoms with Crippen LogP contribution in [0.4, 0.5) is 5.69 Å². The molecular weight excluding hydrogens is 589 g/mol. The Labute approximate surface area is 260 Å². The molecule has 13 heteroatoms. The molecule has 0 aliphatic carbocycles. The highest BCUT2D eigenvalue weighted by Gasteiger charge is 2.17. The first kappa shape index (κ1) is 30.3. The lowest BCUT2D eigenvalue weighted by molar-refractivity contribution is 0.102. The fourth-order valence-electron chi connectivity index (χ4n) is 5.36. The molecule has 1 amide bonds. The molecule has 0 spiro atoms. The average Bonchev–Trinajstić information content (AvgIpc) is 3.73. The molecule has 7 rings (SSSR count). The van der Waals surface area contributed by atoms with Crippen LogP contribution in [-0.2, 0) is 6.54 Å². The summed E-state index contributed by atoms with van der Waals surface area (Å²) in [7, 11) is 2.15. The number of nitrogens with one attached hydrogen (secondary N) is 2. The Morgan fingerprint density at radius 2 is 1.88 bits per heavy atom. The number of carbonyl (C=O) groups excluding carboxylic acids is 1. The number of aromatic nitrogens is 6. The number of H-pyrrole nitrogens is 1. The molecule has 2 aromatic carbocycles. The van der Waals surface area contributed by atoms with E-state index in [0.717, 1.165) is 66.0 Å². The highest BCUT2D eigenvalue weighted by atomic mass is 35.5. The second-order valence-electron chi connectivity index (χ2n) is 10.5. The minimum absolute atomic E-state index is 0. The van der Waals surface area contributed by atoms with Gasteiger partial charge in [0.05, 0.1) is 47.5 Å². The summed E-state index contributed by atoms with van der Waals surface area (Å²) < 4.78 is 9.70. The van der Waals surface area contributed by atoms with Crippen LogP contribution < -0.4 is 10.1 Å². The lowest BCUT2D eigenvalue weighted by Gasteiger charge is -2.32. The van der Waals surface area contributed by atoms with Gasteiger partial charge in [0.1, 0.15) is 23.7 Å². The SMILES string of the molecule is CN1CCN(CCOc2ccn3c(C(=O)Nc4cccc5c4cnn5Cc4ccc5[nH]cnc5c4)cnc3c2)CC1.Cl.Cl. The molecule has 11 nitrogen and oxygen atoms in total. The molecule has 0 bridgehead atoms. The zero-order valence-electron chi connectivity index (χ0n) is 23.6. The molecule has 0 radical (unpaired) electrons. The molecule has 4 aromatic heterocycles. The van der Waals surface area contributed by atoms with Crippen LogP contribution in [0.5, 0.6) is 5.75 Å². The van der Waals surface area contributed by atoms with E-state index in [1.54, 1.807) is 23.1 Å². The van der Waals surface area contributed by atoms with Gasteiger partial charge in [-0.25, -0.2) is 9.97 Å². The zero-order valence-corrected chi connectivity index (χ0v) is 25.3. The minimum atomic E-state index is -0.245. The van der Waals surface area contributed by atoms with E-state index in [4.69, 9.17) is 4.74 Å². The topological polar surface area (TPSA) is 109 Å². The second kappa shape index (κ2) is 13.0. The van der Waals surface area contributed by atoms with E-state index in [0.29, 0.717) is 30.2 Å². The quantitative estimate of drug-likeness (QED) is 0.260. The lowest BCUT2D eigenvalue weighted by atomic mass is 10.2. The molecule has 0 saturated carbocycles. The lowest BCUT2D eigenvalue weighted by Crippen LogP contribution is -2.45. The summed E-state index contributed by atoms with van der Waals surface area (Å²) in [5.74, 6) is 0.498. The predicted molar refractivity (Wildman–Crippen MR) is 172 cm³/mol. The third-order valence-electron chi connectivity index (χ3n) is 7.74. The van der Waals surface area contributed by atoms with E-state index in [1.807, 2.05) is 47.3 Å². The Bertz CT molecular complexity index is 1860. The van der Waals surface area contributed by atoms with E-state index in [1.165, 1.54) is 0 Å². The summed E-state index contributed by atoms with van der Waals surface area (Å²) >= 11 is 0. The summed E-state index contributed by atoms with van der Waals surface area (Å²) in [5, 5.41) is 8.53. The molecule has 2 N–H and O–H groups in total. The number of carbonyl (C=O) groups is 1. The van der Waals surface area contributed by atoms with Crippen molar-refractivity contribution in [2.24, 2.45) is 0 Å². The van der Waals surface area contributed by atoms with Gasteiger partial charge in [-0.1, -0.05) is 12.1 Å². The van der Waals surface area contributed by atoms with Crippen molar-refractivity contribution in [1.82, 2.24) is 38.9 Å². The predicted octanol–water partition coefficient (Wildman–Crippen LogP) is 4.33. The molecule has 43 heavy (non-hydrogen) atoms. The number of hydrogen-bond acceptors (Lipinski definition) is 7. The van der Waals surface area contributed by atoms with E-state index in [9.17, 15) is 4.79 Å². The van der Waals surface area contributed by atoms with Crippen molar-refractivity contribution >= 4 is 64.0 Å². The van der Waals surface area contributed by atoms with Gasteiger partial charge >= 0.3 is 0 Å². The number of fused-ring (bicyclic) bond motifs is 3. The van der Waals surface area contributed by atoms with Crippen LogP contribution in [0, 0.1) is 0 Å². The number of hydrogen-bond donors (Lipinski definition) is 2. The summed E-state index contributed by atoms with van der Waals surface area (Å²) in [6, 6.07) is 15.7. The maximum absolute atomic E-state index is 13.3. The fraction of sp³-hybridized carbons (Fsp3) is 0.267. The van der Waals surface area contributed by atoms with Gasteiger partial charge < -0.3 is 19.9 Å². The maximum atomic E-state index is 13.3. The van der Waals surface area contributed by atoms with Gasteiger partial charge in [0.2, 0.25) is 0 Å². The largest absolute Gasteiger partial charge is 0.492 e. The number of likely N-dealkylation sites (N-methyl/N-ethyl adjacent to an activating group) is 1. The standard InChI is InChI=1S/C30H31N9O2.2ClH/c1-36-9-11-37(12-10-36)13-14-41-22-7-8-38-28(18-31-29(38)16-22)30(40)35-24-3-2-4-27-23(24)17-34-39(27)19-21-5-6-25-26(15-21)33-20-32-25;;/h2-8,15-18,20H,9-14,19H2,1H3,(H,32,33)(H,35,40);2*1H. The Kier molecular flexibility index (Phi) is 9.16. The third kappa shape index (κ3) is 6.30. The van der Waals surface area contributed by atoms with E-state index < -0.39 is 0 Å². The molecule has 6 aromatic rings. The number of pyridine rings is 1. The molecule has 5 heterocycles. The van der Waals surface area contributed by atoms with Crippen molar-refractivity contribution in [3.05, 3.63) is 84.7 Å². The van der Waals surface area contributed by atoms with E-state index >= 15 is 0 Å². The van der Waals surface area contributed by atoms with Gasteiger partial charge in [-0.15, -0.1) is 24.8 Å². The summed E-state index contributed by atoms with van der Waals surface area (Å²) in [6.07, 6.45) is 6.91. The number of nitrogens with zero attached hydrogens (tertiary/aromatic N) is 7. The van der Waals surface area contributed by atoms with Gasteiger partial charge in [-0.3, -0.25) is 18.8 Å². The Hall–Kier alpha value is -4.16. The van der Waals surface area contributed by atoms with Gasteiger partial charge in [-0.05, 0) is 42.9 Å². The smallest absolute Gasteiger partial charge is 0.274 e. The number of halogens is 2. The highest BCUT2D eigenvalue weighted by Crippen LogP contribution is 2.25. The fourth-order valence-corrected chi connectivity index (χ4v) is 5.36. The van der Waals surface area contributed by atoms with Crippen molar-refractivity contribution in [2.75, 3.05) is 51.7 Å². The van der Waals surface area contributed by atoms with Crippen molar-refractivity contribution in [1.29, 1.82) is 0 Å². The molecule has 1 fully saturated rings. The van der Waals surface area contributed by atoms with Crippen molar-refractivity contribution in [3.63, 3.8) is 0 Å². The molecule has 1 aliphatic rings. The van der Waals surface area contributed by atoms with Gasteiger partial charge in [-0.2, -0.15) is 5.10 Å². The molecule has 224 valence electrons. The van der Waals surface area contributed by atoms with Crippen molar-refractivity contribution in [2.45, 2.75) is 6.54 Å². The monoisotopic (exact) mass is 621 g/mol. The molecular formula is C30H33Cl2N9O2. The Morgan fingerprint density at radius 1 is 1.02 bits per heavy atom. The van der Waals surface area contributed by atoms with Gasteiger partial charge in [0, 0.05) is 50.4 Å². The third-order valence-corrected chi connectivity index (χ3v) is 7.74. The first-order valence-corrected chi connectivity index (χ1v) is 13.8. The number of imidazole rings is 2. The first-order valence-electron chi connectivity index (χ1n) is 13.8. The van der Waals surface area contributed by atoms with E-state index in [-0.39, 0.29) is 30.7 Å². The second-order valence-corrected chi connectivity index (χ2v) is 10.5. The summed E-state index contributed by atoms with van der Waals surface area (Å²) in [6.45, 7) is 6.40. The first-order chi connectivity index (χ1) is 20.1. The normalized spacial score (nSPS) is 14.1. The number of anilines is 1. The molecule has 1 aliphatic heterocycles. The van der Waals surface area contributed by atoms with Crippen LogP contribution in [-0.4, -0.2) is 91.2 Å². The van der Waals surface area contributed by atoms with Crippen LogP contribution in [0.15, 0.2) is 73.4 Å². The Morgan fingerprint density at radius 3 is 2.74 bits per heavy atom. The number of aromatic amines is 1. The number of piperazine rings is 1. The summed E-state index contributed by atoms with van der Waals surface area (Å²) in [5.41, 5.74) is 5.75. The number of benzene rings is 2. The van der Waals surface area contributed by atoms with Gasteiger partial charge in [0.25, 0.3) is 5.91 Å². The maximum Gasteiger partial charge on any atom is 0.274 e. The van der Waals surface area contributed by atoms with Crippen LogP contribution in [0.3, 0.4) is 0 Å². The average molecular weight is 623 g/mol. The molecule has 0 atom stereocenters. The number of ether oxygens (including phenoxy) is 1. The van der Waals surface area contributed by atoms with E-state index in [2.05, 4.69) is 54.3 Å². The van der Waals surface area contributed by atoms with Crippen molar-refractivity contribution < 1.29 is 9.53 Å². The molecule has 1 saturated heterocycles. The van der Waals surface area contributed by atoms with Crippen LogP contribution in [0.25, 0.3) is 27.6 Å². The van der Waals surface area contributed by atoms with Crippen LogP contribution >= 0.6 is 24.8 Å². The number of amides is 1. The zero-order chi connectivity index (χ0) is 27.8.